The lowest BCUT2D eigenvalue weighted by Gasteiger charge is -1.75. The van der Waals surface area contributed by atoms with Gasteiger partial charge in [-0.3, -0.25) is 0 Å². The van der Waals surface area contributed by atoms with Crippen LogP contribution in [-0.4, -0.2) is 6.21 Å². The molecule has 0 bridgehead atoms. The van der Waals surface area contributed by atoms with Crippen molar-refractivity contribution in [2.24, 2.45) is 5.16 Å². The minimum Gasteiger partial charge on any atom is -0.354 e. The van der Waals surface area contributed by atoms with Gasteiger partial charge >= 0.3 is 0 Å². The van der Waals surface area contributed by atoms with E-state index < -0.39 is 0 Å². The van der Waals surface area contributed by atoms with E-state index in [0.29, 0.717) is 0 Å². The SMILES string of the molecule is [C]1=CCCC=NO1. The lowest BCUT2D eigenvalue weighted by molar-refractivity contribution is 0.248. The molecule has 2 nitrogen and oxygen atoms in total. The molecule has 1 heterocycles. The first kappa shape index (κ1) is 4.37. The highest BCUT2D eigenvalue weighted by molar-refractivity contribution is 5.56. The lowest BCUT2D eigenvalue weighted by atomic mass is 10.3. The van der Waals surface area contributed by atoms with Gasteiger partial charge in [0, 0.05) is 6.21 Å². The topological polar surface area (TPSA) is 21.6 Å². The maximum absolute atomic E-state index is 4.46. The monoisotopic (exact) mass is 96.0 g/mol. The van der Waals surface area contributed by atoms with Crippen LogP contribution in [0.25, 0.3) is 0 Å². The highest BCUT2D eigenvalue weighted by Crippen LogP contribution is 1.92. The largest absolute Gasteiger partial charge is 0.354 e. The van der Waals surface area contributed by atoms with Crippen molar-refractivity contribution < 1.29 is 4.84 Å². The van der Waals surface area contributed by atoms with Gasteiger partial charge in [0.1, 0.15) is 0 Å². The molecule has 0 saturated carbocycles. The van der Waals surface area contributed by atoms with Crippen LogP contribution in [0.2, 0.25) is 0 Å². The fourth-order valence-electron chi connectivity index (χ4n) is 0.374. The first-order valence-corrected chi connectivity index (χ1v) is 2.25. The van der Waals surface area contributed by atoms with Crippen LogP contribution in [0, 0.1) is 6.26 Å². The Labute approximate surface area is 42.5 Å². The summed E-state index contributed by atoms with van der Waals surface area (Å²) in [5.74, 6) is 0. The van der Waals surface area contributed by atoms with Crippen LogP contribution in [0.15, 0.2) is 11.2 Å². The molecule has 0 aliphatic carbocycles. The molecule has 0 saturated heterocycles. The molecule has 0 spiro atoms. The highest BCUT2D eigenvalue weighted by Gasteiger charge is 1.82. The van der Waals surface area contributed by atoms with E-state index in [9.17, 15) is 0 Å². The van der Waals surface area contributed by atoms with Crippen molar-refractivity contribution in [3.8, 4) is 0 Å². The van der Waals surface area contributed by atoms with E-state index in [0.717, 1.165) is 12.8 Å². The third-order valence-electron chi connectivity index (χ3n) is 0.703. The number of nitrogens with zero attached hydrogens (tertiary/aromatic N) is 1. The Bertz CT molecular complexity index is 84.3. The van der Waals surface area contributed by atoms with E-state index in [-0.39, 0.29) is 0 Å². The summed E-state index contributed by atoms with van der Waals surface area (Å²) in [4.78, 5) is 4.46. The summed E-state index contributed by atoms with van der Waals surface area (Å²) >= 11 is 0. The van der Waals surface area contributed by atoms with E-state index in [1.54, 1.807) is 6.21 Å². The van der Waals surface area contributed by atoms with Crippen molar-refractivity contribution in [3.05, 3.63) is 12.3 Å². The summed E-state index contributed by atoms with van der Waals surface area (Å²) in [7, 11) is 0. The molecule has 0 unspecified atom stereocenters. The summed E-state index contributed by atoms with van der Waals surface area (Å²) in [6.07, 6.45) is 8.04. The van der Waals surface area contributed by atoms with Crippen molar-refractivity contribution in [1.82, 2.24) is 0 Å². The normalized spacial score (nSPS) is 18.3. The average molecular weight is 96.1 g/mol. The van der Waals surface area contributed by atoms with Crippen molar-refractivity contribution in [2.45, 2.75) is 12.8 Å². The van der Waals surface area contributed by atoms with Gasteiger partial charge in [-0.25, -0.2) is 0 Å². The standard InChI is InChI=1S/C5H6NO/c1-2-4-6-7-5-3-1/h3-4H,1-2H2. The van der Waals surface area contributed by atoms with Gasteiger partial charge in [-0.05, 0) is 18.9 Å². The summed E-state index contributed by atoms with van der Waals surface area (Å²) < 4.78 is 0. The summed E-state index contributed by atoms with van der Waals surface area (Å²) in [6.45, 7) is 0. The van der Waals surface area contributed by atoms with Crippen LogP contribution < -0.4 is 0 Å². The zero-order chi connectivity index (χ0) is 4.95. The Morgan fingerprint density at radius 3 is 3.57 bits per heavy atom. The average Bonchev–Trinajstić information content (AvgIpc) is 1.90. The number of oxime groups is 1. The van der Waals surface area contributed by atoms with Gasteiger partial charge in [0.15, 0.2) is 6.26 Å². The molecule has 7 heavy (non-hydrogen) atoms. The van der Waals surface area contributed by atoms with Crippen molar-refractivity contribution >= 4 is 6.21 Å². The summed E-state index contributed by atoms with van der Waals surface area (Å²) in [5, 5.41) is 3.50. The molecule has 0 aromatic carbocycles. The number of rotatable bonds is 0. The quantitative estimate of drug-likeness (QED) is 0.442. The van der Waals surface area contributed by atoms with Gasteiger partial charge < -0.3 is 4.84 Å². The van der Waals surface area contributed by atoms with Crippen LogP contribution in [0.3, 0.4) is 0 Å². The molecule has 2 heteroatoms. The molecule has 0 aromatic heterocycles. The molecular formula is C5H6NO. The Balaban J connectivity index is 2.38. The highest BCUT2D eigenvalue weighted by atomic mass is 16.6. The van der Waals surface area contributed by atoms with E-state index in [2.05, 4.69) is 16.3 Å². The first-order valence-electron chi connectivity index (χ1n) is 2.25. The second-order valence-electron chi connectivity index (χ2n) is 1.28. The third kappa shape index (κ3) is 1.39. The Hall–Kier alpha value is -0.790. The predicted octanol–water partition coefficient (Wildman–Crippen LogP) is 1.10. The third-order valence-corrected chi connectivity index (χ3v) is 0.703. The first-order chi connectivity index (χ1) is 3.50. The lowest BCUT2D eigenvalue weighted by Crippen LogP contribution is -1.67. The maximum atomic E-state index is 4.46. The fourth-order valence-corrected chi connectivity index (χ4v) is 0.374. The van der Waals surface area contributed by atoms with Gasteiger partial charge in [0.2, 0.25) is 0 Å². The molecule has 0 atom stereocenters. The van der Waals surface area contributed by atoms with Crippen molar-refractivity contribution in [3.63, 3.8) is 0 Å². The van der Waals surface area contributed by atoms with Gasteiger partial charge in [-0.2, -0.15) is 0 Å². The Kier molecular flexibility index (Phi) is 1.50. The maximum Gasteiger partial charge on any atom is 0.198 e. The van der Waals surface area contributed by atoms with Crippen LogP contribution in [0.1, 0.15) is 12.8 Å². The van der Waals surface area contributed by atoms with Gasteiger partial charge in [0.25, 0.3) is 0 Å². The molecule has 1 rings (SSSR count). The van der Waals surface area contributed by atoms with Crippen molar-refractivity contribution in [1.29, 1.82) is 0 Å². The molecule has 0 amide bonds. The van der Waals surface area contributed by atoms with Gasteiger partial charge in [0.05, 0.1) is 0 Å². The molecule has 1 aliphatic heterocycles. The van der Waals surface area contributed by atoms with Crippen molar-refractivity contribution in [2.75, 3.05) is 0 Å². The van der Waals surface area contributed by atoms with Crippen LogP contribution in [0.4, 0.5) is 0 Å². The minimum atomic E-state index is 0.965. The molecule has 0 aromatic rings. The number of hydrogen-bond acceptors (Lipinski definition) is 2. The molecule has 0 fully saturated rings. The van der Waals surface area contributed by atoms with Gasteiger partial charge in [-0.1, -0.05) is 5.16 Å². The molecule has 37 valence electrons. The molecular weight excluding hydrogens is 90.1 g/mol. The van der Waals surface area contributed by atoms with Gasteiger partial charge in [-0.15, -0.1) is 0 Å². The zero-order valence-electron chi connectivity index (χ0n) is 3.92. The van der Waals surface area contributed by atoms with Crippen LogP contribution in [0.5, 0.6) is 0 Å². The van der Waals surface area contributed by atoms with E-state index in [1.165, 1.54) is 0 Å². The Morgan fingerprint density at radius 1 is 1.57 bits per heavy atom. The fraction of sp³-hybridized carbons (Fsp3) is 0.400. The van der Waals surface area contributed by atoms with Crippen LogP contribution in [-0.2, 0) is 4.84 Å². The predicted molar refractivity (Wildman–Crippen MR) is 26.6 cm³/mol. The number of allylic oxidation sites excluding steroid dienone is 1. The number of hydrogen-bond donors (Lipinski definition) is 0. The summed E-state index contributed by atoms with van der Waals surface area (Å²) in [6, 6.07) is 0. The smallest absolute Gasteiger partial charge is 0.198 e. The van der Waals surface area contributed by atoms with E-state index in [4.69, 9.17) is 0 Å². The summed E-state index contributed by atoms with van der Waals surface area (Å²) in [5.41, 5.74) is 0. The Morgan fingerprint density at radius 2 is 2.57 bits per heavy atom. The second kappa shape index (κ2) is 2.39. The van der Waals surface area contributed by atoms with E-state index >= 15 is 0 Å². The minimum absolute atomic E-state index is 0.965. The molecule has 0 N–H and O–H groups in total. The molecule has 1 aliphatic rings. The van der Waals surface area contributed by atoms with Crippen LogP contribution >= 0.6 is 0 Å². The second-order valence-corrected chi connectivity index (χ2v) is 1.28. The van der Waals surface area contributed by atoms with E-state index in [1.807, 2.05) is 6.08 Å². The molecule has 1 radical (unpaired) electrons. The zero-order valence-corrected chi connectivity index (χ0v) is 3.92.